The quantitative estimate of drug-likeness (QED) is 0.824. The van der Waals surface area contributed by atoms with Crippen molar-refractivity contribution in [3.8, 4) is 6.07 Å². The highest BCUT2D eigenvalue weighted by molar-refractivity contribution is 6.31. The van der Waals surface area contributed by atoms with Gasteiger partial charge in [0.15, 0.2) is 0 Å². The van der Waals surface area contributed by atoms with Gasteiger partial charge in [0.2, 0.25) is 5.91 Å². The topological polar surface area (TPSA) is 47.3 Å². The molecule has 0 bridgehead atoms. The molecule has 1 amide bonds. The molecular formula is C18H24ClN3O. The summed E-state index contributed by atoms with van der Waals surface area (Å²) in [6.45, 7) is 4.74. The van der Waals surface area contributed by atoms with E-state index in [0.717, 1.165) is 37.2 Å². The van der Waals surface area contributed by atoms with Crippen molar-refractivity contribution in [2.45, 2.75) is 39.0 Å². The van der Waals surface area contributed by atoms with Crippen molar-refractivity contribution < 1.29 is 4.79 Å². The number of rotatable bonds is 5. The van der Waals surface area contributed by atoms with E-state index in [1.165, 1.54) is 12.8 Å². The molecule has 1 aliphatic rings. The van der Waals surface area contributed by atoms with Crippen LogP contribution in [-0.2, 0) is 4.79 Å². The highest BCUT2D eigenvalue weighted by Gasteiger charge is 2.20. The Labute approximate surface area is 143 Å². The molecule has 0 radical (unpaired) electrons. The number of nitrogens with zero attached hydrogens (tertiary/aromatic N) is 3. The van der Waals surface area contributed by atoms with E-state index in [1.807, 2.05) is 25.1 Å². The third-order valence-corrected chi connectivity index (χ3v) is 4.68. The molecule has 0 spiro atoms. The van der Waals surface area contributed by atoms with Gasteiger partial charge in [-0.2, -0.15) is 5.26 Å². The maximum atomic E-state index is 12.8. The molecule has 0 saturated carbocycles. The zero-order valence-electron chi connectivity index (χ0n) is 13.7. The Kier molecular flexibility index (Phi) is 6.88. The minimum absolute atomic E-state index is 0.0591. The van der Waals surface area contributed by atoms with Crippen LogP contribution in [0.25, 0.3) is 0 Å². The number of halogens is 1. The van der Waals surface area contributed by atoms with Crippen LogP contribution in [-0.4, -0.2) is 37.0 Å². The number of hydrogen-bond acceptors (Lipinski definition) is 3. The maximum absolute atomic E-state index is 12.8. The first-order valence-electron chi connectivity index (χ1n) is 8.27. The van der Waals surface area contributed by atoms with Crippen LogP contribution in [0.5, 0.6) is 0 Å². The minimum Gasteiger partial charge on any atom is -0.310 e. The average Bonchev–Trinajstić information content (AvgIpc) is 2.79. The zero-order chi connectivity index (χ0) is 16.7. The lowest BCUT2D eigenvalue weighted by molar-refractivity contribution is -0.119. The van der Waals surface area contributed by atoms with E-state index >= 15 is 0 Å². The monoisotopic (exact) mass is 333 g/mol. The third-order valence-electron chi connectivity index (χ3n) is 4.26. The zero-order valence-corrected chi connectivity index (χ0v) is 14.5. The fourth-order valence-corrected chi connectivity index (χ4v) is 3.04. The number of nitriles is 1. The predicted molar refractivity (Wildman–Crippen MR) is 93.7 cm³/mol. The van der Waals surface area contributed by atoms with Crippen molar-refractivity contribution in [3.63, 3.8) is 0 Å². The molecule has 1 fully saturated rings. The minimum atomic E-state index is 0.0591. The predicted octanol–water partition coefficient (Wildman–Crippen LogP) is 3.77. The van der Waals surface area contributed by atoms with Crippen LogP contribution in [0.3, 0.4) is 0 Å². The number of aryl methyl sites for hydroxylation is 1. The van der Waals surface area contributed by atoms with Gasteiger partial charge in [0.05, 0.1) is 19.0 Å². The normalized spacial score (nSPS) is 15.7. The molecule has 4 nitrogen and oxygen atoms in total. The molecule has 0 unspecified atom stereocenters. The molecule has 0 atom stereocenters. The van der Waals surface area contributed by atoms with Crippen LogP contribution in [0.1, 0.15) is 37.7 Å². The van der Waals surface area contributed by atoms with Gasteiger partial charge in [0, 0.05) is 17.3 Å². The first-order chi connectivity index (χ1) is 11.1. The summed E-state index contributed by atoms with van der Waals surface area (Å²) in [4.78, 5) is 16.7. The average molecular weight is 334 g/mol. The molecule has 5 heteroatoms. The maximum Gasteiger partial charge on any atom is 0.241 e. The Balaban J connectivity index is 2.11. The number of likely N-dealkylation sites (tertiary alicyclic amines) is 1. The van der Waals surface area contributed by atoms with Gasteiger partial charge in [-0.25, -0.2) is 0 Å². The molecule has 1 heterocycles. The molecule has 2 rings (SSSR count). The molecule has 0 aromatic heterocycles. The largest absolute Gasteiger partial charge is 0.310 e. The highest BCUT2D eigenvalue weighted by atomic mass is 35.5. The van der Waals surface area contributed by atoms with Gasteiger partial charge in [-0.05, 0) is 56.6 Å². The van der Waals surface area contributed by atoms with Gasteiger partial charge in [-0.15, -0.1) is 0 Å². The van der Waals surface area contributed by atoms with Crippen LogP contribution in [0.4, 0.5) is 5.69 Å². The molecule has 0 N–H and O–H groups in total. The van der Waals surface area contributed by atoms with E-state index in [1.54, 1.807) is 4.90 Å². The first kappa shape index (κ1) is 17.8. The summed E-state index contributed by atoms with van der Waals surface area (Å²) in [6.07, 6.45) is 5.14. The lowest BCUT2D eigenvalue weighted by Crippen LogP contribution is -2.41. The standard InChI is InChI=1S/C18H24ClN3O/c1-15-13-16(7-8-17(15)19)22(12-6-9-20)18(23)14-21-10-4-2-3-5-11-21/h7-8,13H,2-6,10-12,14H2,1H3. The van der Waals surface area contributed by atoms with Crippen molar-refractivity contribution in [3.05, 3.63) is 28.8 Å². The van der Waals surface area contributed by atoms with Crippen LogP contribution in [0, 0.1) is 18.3 Å². The smallest absolute Gasteiger partial charge is 0.241 e. The summed E-state index contributed by atoms with van der Waals surface area (Å²) < 4.78 is 0. The number of benzene rings is 1. The molecular weight excluding hydrogens is 310 g/mol. The molecule has 124 valence electrons. The number of hydrogen-bond donors (Lipinski definition) is 0. The lowest BCUT2D eigenvalue weighted by Gasteiger charge is -2.26. The molecule has 1 aromatic rings. The Bertz CT molecular complexity index is 574. The lowest BCUT2D eigenvalue weighted by atomic mass is 10.2. The Morgan fingerprint density at radius 3 is 2.61 bits per heavy atom. The fraction of sp³-hybridized carbons (Fsp3) is 0.556. The molecule has 23 heavy (non-hydrogen) atoms. The van der Waals surface area contributed by atoms with E-state index in [2.05, 4.69) is 11.0 Å². The van der Waals surface area contributed by atoms with E-state index in [-0.39, 0.29) is 5.91 Å². The molecule has 0 aliphatic carbocycles. The van der Waals surface area contributed by atoms with Crippen LogP contribution in [0.15, 0.2) is 18.2 Å². The second-order valence-electron chi connectivity index (χ2n) is 6.08. The van der Waals surface area contributed by atoms with Gasteiger partial charge >= 0.3 is 0 Å². The van der Waals surface area contributed by atoms with E-state index in [0.29, 0.717) is 24.5 Å². The van der Waals surface area contributed by atoms with Gasteiger partial charge < -0.3 is 4.90 Å². The number of amides is 1. The van der Waals surface area contributed by atoms with Gasteiger partial charge in [0.25, 0.3) is 0 Å². The van der Waals surface area contributed by atoms with Gasteiger partial charge in [-0.3, -0.25) is 9.69 Å². The summed E-state index contributed by atoms with van der Waals surface area (Å²) >= 11 is 6.08. The van der Waals surface area contributed by atoms with E-state index in [4.69, 9.17) is 16.9 Å². The summed E-state index contributed by atoms with van der Waals surface area (Å²) in [6, 6.07) is 7.71. The van der Waals surface area contributed by atoms with E-state index in [9.17, 15) is 4.79 Å². The summed E-state index contributed by atoms with van der Waals surface area (Å²) in [7, 11) is 0. The van der Waals surface area contributed by atoms with Crippen LogP contribution in [0.2, 0.25) is 5.02 Å². The Morgan fingerprint density at radius 2 is 2.00 bits per heavy atom. The summed E-state index contributed by atoms with van der Waals surface area (Å²) in [5.74, 6) is 0.0591. The summed E-state index contributed by atoms with van der Waals surface area (Å²) in [5.41, 5.74) is 1.76. The second-order valence-corrected chi connectivity index (χ2v) is 6.48. The van der Waals surface area contributed by atoms with Crippen molar-refractivity contribution >= 4 is 23.2 Å². The van der Waals surface area contributed by atoms with E-state index < -0.39 is 0 Å². The van der Waals surface area contributed by atoms with Crippen molar-refractivity contribution in [2.24, 2.45) is 0 Å². The van der Waals surface area contributed by atoms with Crippen molar-refractivity contribution in [1.29, 1.82) is 5.26 Å². The number of anilines is 1. The number of carbonyl (C=O) groups is 1. The Hall–Kier alpha value is -1.57. The first-order valence-corrected chi connectivity index (χ1v) is 8.65. The molecule has 1 aliphatic heterocycles. The Morgan fingerprint density at radius 1 is 1.30 bits per heavy atom. The van der Waals surface area contributed by atoms with Gasteiger partial charge in [0.1, 0.15) is 0 Å². The highest BCUT2D eigenvalue weighted by Crippen LogP contribution is 2.23. The van der Waals surface area contributed by atoms with Crippen molar-refractivity contribution in [2.75, 3.05) is 31.1 Å². The second kappa shape index (κ2) is 8.90. The van der Waals surface area contributed by atoms with Crippen LogP contribution >= 0.6 is 11.6 Å². The van der Waals surface area contributed by atoms with Gasteiger partial charge in [-0.1, -0.05) is 24.4 Å². The number of carbonyl (C=O) groups excluding carboxylic acids is 1. The fourth-order valence-electron chi connectivity index (χ4n) is 2.93. The molecule has 1 aromatic carbocycles. The summed E-state index contributed by atoms with van der Waals surface area (Å²) in [5, 5.41) is 9.57. The SMILES string of the molecule is Cc1cc(N(CCC#N)C(=O)CN2CCCCCC2)ccc1Cl. The third kappa shape index (κ3) is 5.23. The molecule has 1 saturated heterocycles. The van der Waals surface area contributed by atoms with Crippen LogP contribution < -0.4 is 4.90 Å². The van der Waals surface area contributed by atoms with Crippen molar-refractivity contribution in [1.82, 2.24) is 4.90 Å².